The summed E-state index contributed by atoms with van der Waals surface area (Å²) in [4.78, 5) is 5.70. The van der Waals surface area contributed by atoms with Crippen LogP contribution in [0.2, 0.25) is 0 Å². The van der Waals surface area contributed by atoms with E-state index in [0.29, 0.717) is 18.2 Å². The van der Waals surface area contributed by atoms with E-state index in [1.807, 2.05) is 0 Å². The summed E-state index contributed by atoms with van der Waals surface area (Å²) in [5.74, 6) is 0.467. The molecule has 4 nitrogen and oxygen atoms in total. The Balaban J connectivity index is 1.94. The molecule has 0 saturated carbocycles. The Hall–Kier alpha value is -1.50. The molecule has 0 amide bonds. The third kappa shape index (κ3) is 4.23. The summed E-state index contributed by atoms with van der Waals surface area (Å²) in [7, 11) is 0. The number of aromatic nitrogens is 1. The van der Waals surface area contributed by atoms with Gasteiger partial charge in [0.1, 0.15) is 5.69 Å². The van der Waals surface area contributed by atoms with Crippen molar-refractivity contribution in [1.29, 1.82) is 0 Å². The van der Waals surface area contributed by atoms with E-state index in [2.05, 4.69) is 22.1 Å². The number of anilines is 2. The molecule has 0 spiro atoms. The van der Waals surface area contributed by atoms with Crippen molar-refractivity contribution < 1.29 is 13.2 Å². The Morgan fingerprint density at radius 2 is 2.05 bits per heavy atom. The number of rotatable bonds is 4. The minimum atomic E-state index is -4.45. The highest BCUT2D eigenvalue weighted by molar-refractivity contribution is 5.65. The quantitative estimate of drug-likeness (QED) is 0.898. The smallest absolute Gasteiger partial charge is 0.396 e. The Morgan fingerprint density at radius 1 is 1.38 bits per heavy atom. The van der Waals surface area contributed by atoms with Crippen LogP contribution in [0.3, 0.4) is 0 Å². The van der Waals surface area contributed by atoms with Gasteiger partial charge in [0, 0.05) is 6.54 Å². The van der Waals surface area contributed by atoms with Gasteiger partial charge in [0.2, 0.25) is 0 Å². The maximum absolute atomic E-state index is 12.6. The van der Waals surface area contributed by atoms with E-state index in [-0.39, 0.29) is 5.69 Å². The van der Waals surface area contributed by atoms with Crippen LogP contribution < -0.4 is 11.1 Å². The van der Waals surface area contributed by atoms with Crippen LogP contribution in [-0.2, 0) is 6.18 Å². The van der Waals surface area contributed by atoms with Gasteiger partial charge in [-0.25, -0.2) is 4.98 Å². The van der Waals surface area contributed by atoms with Crippen molar-refractivity contribution in [1.82, 2.24) is 9.88 Å². The van der Waals surface area contributed by atoms with Crippen molar-refractivity contribution in [2.75, 3.05) is 37.2 Å². The number of alkyl halides is 3. The van der Waals surface area contributed by atoms with Gasteiger partial charge < -0.3 is 16.0 Å². The number of likely N-dealkylation sites (tertiary alicyclic amines) is 1. The van der Waals surface area contributed by atoms with Crippen molar-refractivity contribution in [3.8, 4) is 0 Å². The number of nitrogen functional groups attached to an aromatic ring is 1. The molecule has 0 bridgehead atoms. The fourth-order valence-corrected chi connectivity index (χ4v) is 2.54. The van der Waals surface area contributed by atoms with Crippen molar-refractivity contribution in [3.05, 3.63) is 18.0 Å². The summed E-state index contributed by atoms with van der Waals surface area (Å²) in [6.07, 6.45) is -1.28. The highest BCUT2D eigenvalue weighted by atomic mass is 19.4. The van der Waals surface area contributed by atoms with Gasteiger partial charge in [-0.15, -0.1) is 0 Å². The number of pyridine rings is 1. The predicted molar refractivity (Wildman–Crippen MR) is 77.0 cm³/mol. The number of nitrogens with zero attached hydrogens (tertiary/aromatic N) is 2. The van der Waals surface area contributed by atoms with Crippen molar-refractivity contribution in [2.24, 2.45) is 5.92 Å². The van der Waals surface area contributed by atoms with E-state index >= 15 is 0 Å². The molecule has 1 aliphatic heterocycles. The van der Waals surface area contributed by atoms with E-state index in [1.165, 1.54) is 0 Å². The van der Waals surface area contributed by atoms with Gasteiger partial charge in [0.05, 0.1) is 17.6 Å². The fraction of sp³-hybridized carbons (Fsp3) is 0.643. The molecule has 7 heteroatoms. The molecule has 0 unspecified atom stereocenters. The summed E-state index contributed by atoms with van der Waals surface area (Å²) in [5.41, 5.74) is 5.33. The molecule has 0 radical (unpaired) electrons. The first-order valence-electron chi connectivity index (χ1n) is 7.19. The Kier molecular flexibility index (Phi) is 4.92. The number of hydrogen-bond acceptors (Lipinski definition) is 4. The normalized spacial score (nSPS) is 17.9. The van der Waals surface area contributed by atoms with E-state index in [9.17, 15) is 13.2 Å². The van der Waals surface area contributed by atoms with Crippen LogP contribution in [0.5, 0.6) is 0 Å². The number of hydrogen-bond donors (Lipinski definition) is 2. The van der Waals surface area contributed by atoms with E-state index < -0.39 is 11.9 Å². The Bertz CT molecular complexity index is 468. The second-order valence-electron chi connectivity index (χ2n) is 5.41. The second-order valence-corrected chi connectivity index (χ2v) is 5.41. The van der Waals surface area contributed by atoms with Crippen LogP contribution in [0.4, 0.5) is 24.5 Å². The van der Waals surface area contributed by atoms with Crippen LogP contribution in [-0.4, -0.2) is 36.1 Å². The lowest BCUT2D eigenvalue weighted by atomic mass is 9.97. The van der Waals surface area contributed by atoms with Gasteiger partial charge in [-0.05, 0) is 44.5 Å². The number of nitrogens with two attached hydrogens (primary N) is 1. The summed E-state index contributed by atoms with van der Waals surface area (Å²) in [6.45, 7) is 5.91. The molecular formula is C14H21F3N4. The first kappa shape index (κ1) is 15.9. The first-order chi connectivity index (χ1) is 9.90. The highest BCUT2D eigenvalue weighted by Crippen LogP contribution is 2.31. The predicted octanol–water partition coefficient (Wildman–Crippen LogP) is 2.83. The van der Waals surface area contributed by atoms with Crippen LogP contribution in [0.25, 0.3) is 0 Å². The molecule has 0 aromatic carbocycles. The zero-order chi connectivity index (χ0) is 15.5. The number of piperidine rings is 1. The zero-order valence-corrected chi connectivity index (χ0v) is 12.1. The molecule has 21 heavy (non-hydrogen) atoms. The highest BCUT2D eigenvalue weighted by Gasteiger charge is 2.33. The molecule has 1 saturated heterocycles. The van der Waals surface area contributed by atoms with Crippen molar-refractivity contribution >= 4 is 11.4 Å². The first-order valence-corrected chi connectivity index (χ1v) is 7.19. The summed E-state index contributed by atoms with van der Waals surface area (Å²) in [6, 6.07) is 0.983. The topological polar surface area (TPSA) is 54.2 Å². The maximum Gasteiger partial charge on any atom is 0.433 e. The summed E-state index contributed by atoms with van der Waals surface area (Å²) in [5, 5.41) is 3.04. The van der Waals surface area contributed by atoms with Gasteiger partial charge in [0.15, 0.2) is 0 Å². The van der Waals surface area contributed by atoms with Gasteiger partial charge >= 0.3 is 6.18 Å². The maximum atomic E-state index is 12.6. The van der Waals surface area contributed by atoms with Crippen LogP contribution in [0, 0.1) is 5.92 Å². The van der Waals surface area contributed by atoms with Crippen molar-refractivity contribution in [3.63, 3.8) is 0 Å². The molecule has 2 rings (SSSR count). The average molecular weight is 302 g/mol. The van der Waals surface area contributed by atoms with Crippen LogP contribution >= 0.6 is 0 Å². The van der Waals surface area contributed by atoms with Crippen LogP contribution in [0.1, 0.15) is 25.5 Å². The largest absolute Gasteiger partial charge is 0.433 e. The molecule has 0 aliphatic carbocycles. The van der Waals surface area contributed by atoms with Crippen LogP contribution in [0.15, 0.2) is 12.3 Å². The lowest BCUT2D eigenvalue weighted by Crippen LogP contribution is -2.35. The van der Waals surface area contributed by atoms with E-state index in [0.717, 1.165) is 44.7 Å². The van der Waals surface area contributed by atoms with Gasteiger partial charge in [-0.1, -0.05) is 6.92 Å². The monoisotopic (exact) mass is 302 g/mol. The standard InChI is InChI=1S/C14H21F3N4/c1-2-21-5-3-10(4-6-21)8-19-12-7-13(14(15,16)17)20-9-11(12)18/h7,9-10H,2-6,8,18H2,1H3,(H,19,20). The zero-order valence-electron chi connectivity index (χ0n) is 12.1. The molecule has 0 atom stereocenters. The third-order valence-electron chi connectivity index (χ3n) is 3.96. The fourth-order valence-electron chi connectivity index (χ4n) is 2.54. The molecule has 2 heterocycles. The lowest BCUT2D eigenvalue weighted by Gasteiger charge is -2.31. The molecule has 1 aliphatic rings. The van der Waals surface area contributed by atoms with Crippen molar-refractivity contribution in [2.45, 2.75) is 25.9 Å². The molecule has 1 aromatic rings. The summed E-state index contributed by atoms with van der Waals surface area (Å²) >= 11 is 0. The number of halogens is 3. The third-order valence-corrected chi connectivity index (χ3v) is 3.96. The Morgan fingerprint density at radius 3 is 2.62 bits per heavy atom. The molecular weight excluding hydrogens is 281 g/mol. The van der Waals surface area contributed by atoms with E-state index in [1.54, 1.807) is 0 Å². The van der Waals surface area contributed by atoms with Gasteiger partial charge in [-0.3, -0.25) is 0 Å². The molecule has 3 N–H and O–H groups in total. The minimum Gasteiger partial charge on any atom is -0.396 e. The molecule has 1 aromatic heterocycles. The summed E-state index contributed by atoms with van der Waals surface area (Å²) < 4.78 is 37.9. The molecule has 1 fully saturated rings. The van der Waals surface area contributed by atoms with E-state index in [4.69, 9.17) is 5.73 Å². The Labute approximate surface area is 122 Å². The van der Waals surface area contributed by atoms with Gasteiger partial charge in [0.25, 0.3) is 0 Å². The SMILES string of the molecule is CCN1CCC(CNc2cc(C(F)(F)F)ncc2N)CC1. The molecule has 118 valence electrons. The minimum absolute atomic E-state index is 0.244. The van der Waals surface area contributed by atoms with Gasteiger partial charge in [-0.2, -0.15) is 13.2 Å². The number of nitrogens with one attached hydrogen (secondary N) is 1. The second kappa shape index (κ2) is 6.51. The average Bonchev–Trinajstić information content (AvgIpc) is 2.45. The lowest BCUT2D eigenvalue weighted by molar-refractivity contribution is -0.141.